The Morgan fingerprint density at radius 1 is 1.28 bits per heavy atom. The first-order valence-electron chi connectivity index (χ1n) is 7.81. The van der Waals surface area contributed by atoms with Gasteiger partial charge in [0, 0.05) is 18.6 Å². The average molecular weight is 339 g/mol. The van der Waals surface area contributed by atoms with Crippen molar-refractivity contribution in [2.24, 2.45) is 0 Å². The van der Waals surface area contributed by atoms with Crippen molar-refractivity contribution in [1.82, 2.24) is 25.3 Å². The molecule has 3 N–H and O–H groups in total. The largest absolute Gasteiger partial charge is 0.394 e. The normalized spacial score (nSPS) is 12.0. The van der Waals surface area contributed by atoms with Gasteiger partial charge in [-0.25, -0.2) is 9.97 Å². The zero-order valence-electron chi connectivity index (χ0n) is 13.3. The molecule has 3 aromatic rings. The van der Waals surface area contributed by atoms with E-state index >= 15 is 0 Å². The van der Waals surface area contributed by atoms with Gasteiger partial charge in [0.2, 0.25) is 0 Å². The van der Waals surface area contributed by atoms with Gasteiger partial charge in [0.1, 0.15) is 0 Å². The Morgan fingerprint density at radius 3 is 2.84 bits per heavy atom. The second kappa shape index (κ2) is 7.63. The minimum atomic E-state index is -0.399. The first-order valence-corrected chi connectivity index (χ1v) is 7.81. The van der Waals surface area contributed by atoms with E-state index in [9.17, 15) is 14.7 Å². The number of hydrogen-bond acceptors (Lipinski definition) is 6. The molecule has 0 saturated carbocycles. The number of aliphatic hydroxyl groups is 1. The summed E-state index contributed by atoms with van der Waals surface area (Å²) in [6.07, 6.45) is 7.31. The number of nitrogens with one attached hydrogen (secondary N) is 2. The monoisotopic (exact) mass is 339 g/mol. The van der Waals surface area contributed by atoms with E-state index in [4.69, 9.17) is 0 Å². The van der Waals surface area contributed by atoms with Crippen molar-refractivity contribution >= 4 is 16.9 Å². The van der Waals surface area contributed by atoms with Gasteiger partial charge in [-0.15, -0.1) is 0 Å². The summed E-state index contributed by atoms with van der Waals surface area (Å²) in [5.41, 5.74) is 1.24. The lowest BCUT2D eigenvalue weighted by molar-refractivity contribution is 0.0913. The summed E-state index contributed by atoms with van der Waals surface area (Å²) in [4.78, 5) is 38.5. The van der Waals surface area contributed by atoms with Crippen molar-refractivity contribution in [2.75, 3.05) is 6.61 Å². The SMILES string of the molecule is O=C(NC(CO)CCc1ccncc1)c1cnc2nc[nH]c(=O)c2c1. The maximum absolute atomic E-state index is 12.4. The average Bonchev–Trinajstić information content (AvgIpc) is 2.66. The molecule has 0 fully saturated rings. The summed E-state index contributed by atoms with van der Waals surface area (Å²) in [5.74, 6) is -0.397. The molecule has 0 saturated heterocycles. The fourth-order valence-corrected chi connectivity index (χ4v) is 2.45. The smallest absolute Gasteiger partial charge is 0.260 e. The van der Waals surface area contributed by atoms with Gasteiger partial charge >= 0.3 is 0 Å². The molecule has 8 heteroatoms. The summed E-state index contributed by atoms with van der Waals surface area (Å²) in [5, 5.41) is 12.5. The van der Waals surface area contributed by atoms with Crippen LogP contribution in [0.5, 0.6) is 0 Å². The third kappa shape index (κ3) is 4.04. The van der Waals surface area contributed by atoms with Crippen molar-refractivity contribution < 1.29 is 9.90 Å². The van der Waals surface area contributed by atoms with Crippen LogP contribution in [-0.2, 0) is 6.42 Å². The minimum absolute atomic E-state index is 0.181. The number of rotatable bonds is 6. The summed E-state index contributed by atoms with van der Waals surface area (Å²) in [7, 11) is 0. The fraction of sp³-hybridized carbons (Fsp3) is 0.235. The highest BCUT2D eigenvalue weighted by molar-refractivity contribution is 5.96. The zero-order chi connectivity index (χ0) is 17.6. The number of hydrogen-bond donors (Lipinski definition) is 3. The van der Waals surface area contributed by atoms with Crippen LogP contribution < -0.4 is 10.9 Å². The van der Waals surface area contributed by atoms with Gasteiger partial charge < -0.3 is 15.4 Å². The number of carbonyl (C=O) groups excluding carboxylic acids is 1. The van der Waals surface area contributed by atoms with Crippen LogP contribution in [0.15, 0.2) is 47.9 Å². The van der Waals surface area contributed by atoms with Crippen LogP contribution in [0.3, 0.4) is 0 Å². The van der Waals surface area contributed by atoms with E-state index < -0.39 is 11.9 Å². The number of aromatic nitrogens is 4. The molecule has 3 aromatic heterocycles. The number of nitrogens with zero attached hydrogens (tertiary/aromatic N) is 3. The molecule has 0 spiro atoms. The number of aliphatic hydroxyl groups excluding tert-OH is 1. The standard InChI is InChI=1S/C17H17N5O3/c23-9-13(2-1-11-3-5-18-6-4-11)22-16(24)12-7-14-15(19-8-12)20-10-21-17(14)25/h3-8,10,13,23H,1-2,9H2,(H,22,24)(H,19,20,21,25). The molecule has 25 heavy (non-hydrogen) atoms. The molecule has 8 nitrogen and oxygen atoms in total. The predicted octanol–water partition coefficient (Wildman–Crippen LogP) is 0.437. The quantitative estimate of drug-likeness (QED) is 0.599. The number of pyridine rings is 2. The number of amides is 1. The number of H-pyrrole nitrogens is 1. The third-order valence-electron chi connectivity index (χ3n) is 3.84. The lowest BCUT2D eigenvalue weighted by Crippen LogP contribution is -2.38. The highest BCUT2D eigenvalue weighted by Gasteiger charge is 2.15. The highest BCUT2D eigenvalue weighted by atomic mass is 16.3. The Kier molecular flexibility index (Phi) is 5.10. The van der Waals surface area contributed by atoms with Crippen LogP contribution in [0, 0.1) is 0 Å². The van der Waals surface area contributed by atoms with Gasteiger partial charge in [-0.3, -0.25) is 14.6 Å². The van der Waals surface area contributed by atoms with Gasteiger partial charge in [-0.2, -0.15) is 0 Å². The number of aryl methyl sites for hydroxylation is 1. The molecule has 0 radical (unpaired) electrons. The van der Waals surface area contributed by atoms with Crippen molar-refractivity contribution in [2.45, 2.75) is 18.9 Å². The van der Waals surface area contributed by atoms with Crippen molar-refractivity contribution in [3.63, 3.8) is 0 Å². The van der Waals surface area contributed by atoms with Crippen LogP contribution in [0.25, 0.3) is 11.0 Å². The second-order valence-corrected chi connectivity index (χ2v) is 5.57. The fourth-order valence-electron chi connectivity index (χ4n) is 2.45. The molecule has 1 atom stereocenters. The van der Waals surface area contributed by atoms with Crippen molar-refractivity contribution in [1.29, 1.82) is 0 Å². The molecule has 0 bridgehead atoms. The zero-order valence-corrected chi connectivity index (χ0v) is 13.3. The number of aromatic amines is 1. The van der Waals surface area contributed by atoms with Crippen molar-refractivity contribution in [3.8, 4) is 0 Å². The molecule has 3 rings (SSSR count). The Hall–Kier alpha value is -3.13. The van der Waals surface area contributed by atoms with E-state index in [1.807, 2.05) is 12.1 Å². The Bertz CT molecular complexity index is 926. The summed E-state index contributed by atoms with van der Waals surface area (Å²) in [6.45, 7) is -0.181. The summed E-state index contributed by atoms with van der Waals surface area (Å²) < 4.78 is 0. The third-order valence-corrected chi connectivity index (χ3v) is 3.84. The van der Waals surface area contributed by atoms with E-state index in [2.05, 4.69) is 25.3 Å². The minimum Gasteiger partial charge on any atom is -0.394 e. The topological polar surface area (TPSA) is 121 Å². The van der Waals surface area contributed by atoms with E-state index in [0.29, 0.717) is 12.8 Å². The number of carbonyl (C=O) groups is 1. The van der Waals surface area contributed by atoms with Gasteiger partial charge in [0.05, 0.1) is 29.9 Å². The van der Waals surface area contributed by atoms with Gasteiger partial charge in [0.15, 0.2) is 5.65 Å². The highest BCUT2D eigenvalue weighted by Crippen LogP contribution is 2.08. The van der Waals surface area contributed by atoms with Crippen LogP contribution in [0.4, 0.5) is 0 Å². The first-order chi connectivity index (χ1) is 12.2. The number of fused-ring (bicyclic) bond motifs is 1. The molecule has 0 aliphatic heterocycles. The molecule has 128 valence electrons. The van der Waals surface area contributed by atoms with Crippen molar-refractivity contribution in [3.05, 3.63) is 64.6 Å². The van der Waals surface area contributed by atoms with Crippen LogP contribution in [-0.4, -0.2) is 43.6 Å². The summed E-state index contributed by atoms with van der Waals surface area (Å²) >= 11 is 0. The van der Waals surface area contributed by atoms with E-state index in [0.717, 1.165) is 5.56 Å². The van der Waals surface area contributed by atoms with E-state index in [-0.39, 0.29) is 28.8 Å². The molecular weight excluding hydrogens is 322 g/mol. The maximum Gasteiger partial charge on any atom is 0.260 e. The van der Waals surface area contributed by atoms with E-state index in [1.54, 1.807) is 12.4 Å². The predicted molar refractivity (Wildman–Crippen MR) is 91.1 cm³/mol. The van der Waals surface area contributed by atoms with Crippen LogP contribution in [0.2, 0.25) is 0 Å². The Balaban J connectivity index is 1.69. The van der Waals surface area contributed by atoms with E-state index in [1.165, 1.54) is 18.6 Å². The molecule has 0 aliphatic rings. The summed E-state index contributed by atoms with van der Waals surface area (Å²) in [6, 6.07) is 4.83. The van der Waals surface area contributed by atoms with Gasteiger partial charge in [-0.1, -0.05) is 0 Å². The van der Waals surface area contributed by atoms with Gasteiger partial charge in [-0.05, 0) is 36.6 Å². The maximum atomic E-state index is 12.4. The molecule has 1 amide bonds. The molecule has 0 aliphatic carbocycles. The lowest BCUT2D eigenvalue weighted by Gasteiger charge is -2.16. The first kappa shape index (κ1) is 16.7. The molecular formula is C17H17N5O3. The molecule has 3 heterocycles. The van der Waals surface area contributed by atoms with Crippen LogP contribution in [0.1, 0.15) is 22.3 Å². The second-order valence-electron chi connectivity index (χ2n) is 5.57. The van der Waals surface area contributed by atoms with Crippen LogP contribution >= 0.6 is 0 Å². The lowest BCUT2D eigenvalue weighted by atomic mass is 10.1. The van der Waals surface area contributed by atoms with Gasteiger partial charge in [0.25, 0.3) is 11.5 Å². The molecule has 0 aromatic carbocycles. The Labute approximate surface area is 143 Å². The molecule has 1 unspecified atom stereocenters. The Morgan fingerprint density at radius 2 is 2.08 bits per heavy atom.